The second-order valence-electron chi connectivity index (χ2n) is 6.02. The molecule has 0 amide bonds. The molecule has 0 saturated heterocycles. The van der Waals surface area contributed by atoms with E-state index in [1.165, 1.54) is 11.1 Å². The van der Waals surface area contributed by atoms with Crippen LogP contribution in [0.5, 0.6) is 5.06 Å². The van der Waals surface area contributed by atoms with Gasteiger partial charge in [0, 0.05) is 5.56 Å². The zero-order valence-electron chi connectivity index (χ0n) is 10.9. The van der Waals surface area contributed by atoms with E-state index in [0.29, 0.717) is 0 Å². The SMILES string of the molecule is COc1scc(C(C)(C)C)c1C(C)(C)C. The number of ether oxygens (including phenoxy) is 1. The molecule has 0 radical (unpaired) electrons. The van der Waals surface area contributed by atoms with Gasteiger partial charge in [0.1, 0.15) is 0 Å². The fourth-order valence-corrected chi connectivity index (χ4v) is 3.08. The molecule has 15 heavy (non-hydrogen) atoms. The van der Waals surface area contributed by atoms with Gasteiger partial charge in [0.15, 0.2) is 5.06 Å². The van der Waals surface area contributed by atoms with Crippen LogP contribution in [0.1, 0.15) is 52.7 Å². The summed E-state index contributed by atoms with van der Waals surface area (Å²) in [5.74, 6) is 0. The number of hydrogen-bond acceptors (Lipinski definition) is 2. The van der Waals surface area contributed by atoms with Crippen molar-refractivity contribution in [2.45, 2.75) is 52.4 Å². The molecule has 1 rings (SSSR count). The van der Waals surface area contributed by atoms with Crippen LogP contribution in [0.3, 0.4) is 0 Å². The smallest absolute Gasteiger partial charge is 0.177 e. The zero-order chi connectivity index (χ0) is 11.9. The Bertz CT molecular complexity index is 336. The Labute approximate surface area is 97.5 Å². The molecule has 1 aromatic heterocycles. The van der Waals surface area contributed by atoms with E-state index in [2.05, 4.69) is 46.9 Å². The summed E-state index contributed by atoms with van der Waals surface area (Å²) in [6.07, 6.45) is 0. The standard InChI is InChI=1S/C13H22OS/c1-12(2,3)9-8-15-11(14-7)10(9)13(4,5)6/h8H,1-7H3. The maximum absolute atomic E-state index is 5.47. The molecule has 0 aromatic carbocycles. The molecular weight excluding hydrogens is 204 g/mol. The first-order valence-corrected chi connectivity index (χ1v) is 6.22. The number of methoxy groups -OCH3 is 1. The molecule has 86 valence electrons. The topological polar surface area (TPSA) is 9.23 Å². The lowest BCUT2D eigenvalue weighted by Gasteiger charge is -2.27. The lowest BCUT2D eigenvalue weighted by molar-refractivity contribution is 0.406. The Kier molecular flexibility index (Phi) is 3.20. The fourth-order valence-electron chi connectivity index (χ4n) is 1.75. The van der Waals surface area contributed by atoms with Gasteiger partial charge in [-0.15, -0.1) is 11.3 Å². The molecule has 1 aromatic rings. The molecule has 0 aliphatic rings. The Hall–Kier alpha value is -0.500. The van der Waals surface area contributed by atoms with Crippen LogP contribution in [0.2, 0.25) is 0 Å². The highest BCUT2D eigenvalue weighted by Gasteiger charge is 2.29. The summed E-state index contributed by atoms with van der Waals surface area (Å²) < 4.78 is 5.47. The second-order valence-corrected chi connectivity index (χ2v) is 6.86. The lowest BCUT2D eigenvalue weighted by Crippen LogP contribution is -2.20. The van der Waals surface area contributed by atoms with E-state index >= 15 is 0 Å². The Morgan fingerprint density at radius 1 is 1.00 bits per heavy atom. The minimum Gasteiger partial charge on any atom is -0.487 e. The van der Waals surface area contributed by atoms with Gasteiger partial charge in [-0.25, -0.2) is 0 Å². The summed E-state index contributed by atoms with van der Waals surface area (Å²) >= 11 is 1.71. The summed E-state index contributed by atoms with van der Waals surface area (Å²) in [6.45, 7) is 13.5. The van der Waals surface area contributed by atoms with Crippen molar-refractivity contribution in [3.8, 4) is 5.06 Å². The minimum atomic E-state index is 0.147. The first-order valence-electron chi connectivity index (χ1n) is 5.34. The predicted molar refractivity (Wildman–Crippen MR) is 68.3 cm³/mol. The van der Waals surface area contributed by atoms with Gasteiger partial charge in [0.25, 0.3) is 0 Å². The summed E-state index contributed by atoms with van der Waals surface area (Å²) in [6, 6.07) is 0. The molecule has 0 bridgehead atoms. The Balaban J connectivity index is 3.37. The highest BCUT2D eigenvalue weighted by Crippen LogP contribution is 2.43. The van der Waals surface area contributed by atoms with E-state index in [1.807, 2.05) is 0 Å². The summed E-state index contributed by atoms with van der Waals surface area (Å²) in [5, 5.41) is 3.30. The van der Waals surface area contributed by atoms with Crippen LogP contribution in [0, 0.1) is 0 Å². The molecule has 0 atom stereocenters. The third-order valence-corrected chi connectivity index (χ3v) is 3.44. The molecule has 2 heteroatoms. The molecule has 0 aliphatic heterocycles. The molecule has 0 N–H and O–H groups in total. The van der Waals surface area contributed by atoms with Gasteiger partial charge < -0.3 is 4.74 Å². The van der Waals surface area contributed by atoms with Gasteiger partial charge in [0.05, 0.1) is 7.11 Å². The molecule has 0 aliphatic carbocycles. The molecule has 1 heterocycles. The van der Waals surface area contributed by atoms with Crippen molar-refractivity contribution in [2.75, 3.05) is 7.11 Å². The maximum Gasteiger partial charge on any atom is 0.177 e. The van der Waals surface area contributed by atoms with Gasteiger partial charge in [-0.1, -0.05) is 41.5 Å². The van der Waals surface area contributed by atoms with Crippen LogP contribution in [-0.4, -0.2) is 7.11 Å². The number of rotatable bonds is 1. The highest BCUT2D eigenvalue weighted by atomic mass is 32.1. The number of thiophene rings is 1. The third-order valence-electron chi connectivity index (χ3n) is 2.50. The number of hydrogen-bond donors (Lipinski definition) is 0. The summed E-state index contributed by atoms with van der Waals surface area (Å²) in [7, 11) is 1.76. The Morgan fingerprint density at radius 2 is 1.53 bits per heavy atom. The zero-order valence-corrected chi connectivity index (χ0v) is 11.7. The summed E-state index contributed by atoms with van der Waals surface area (Å²) in [5.41, 5.74) is 3.11. The van der Waals surface area contributed by atoms with Gasteiger partial charge in [-0.2, -0.15) is 0 Å². The fraction of sp³-hybridized carbons (Fsp3) is 0.692. The van der Waals surface area contributed by atoms with E-state index in [9.17, 15) is 0 Å². The van der Waals surface area contributed by atoms with E-state index in [-0.39, 0.29) is 10.8 Å². The van der Waals surface area contributed by atoms with Crippen molar-refractivity contribution in [3.05, 3.63) is 16.5 Å². The monoisotopic (exact) mass is 226 g/mol. The largest absolute Gasteiger partial charge is 0.487 e. The van der Waals surface area contributed by atoms with Crippen molar-refractivity contribution >= 4 is 11.3 Å². The molecule has 0 spiro atoms. The second kappa shape index (κ2) is 3.82. The highest BCUT2D eigenvalue weighted by molar-refractivity contribution is 7.12. The van der Waals surface area contributed by atoms with Crippen molar-refractivity contribution in [3.63, 3.8) is 0 Å². The average Bonchev–Trinajstić information content (AvgIpc) is 2.44. The van der Waals surface area contributed by atoms with Crippen LogP contribution in [0.4, 0.5) is 0 Å². The quantitative estimate of drug-likeness (QED) is 0.691. The first-order chi connectivity index (χ1) is 6.68. The van der Waals surface area contributed by atoms with Crippen LogP contribution in [-0.2, 0) is 10.8 Å². The Morgan fingerprint density at radius 3 is 1.87 bits per heavy atom. The molecule has 0 unspecified atom stereocenters. The molecule has 1 nitrogen and oxygen atoms in total. The van der Waals surface area contributed by atoms with Crippen LogP contribution in [0.15, 0.2) is 5.38 Å². The van der Waals surface area contributed by atoms with Gasteiger partial charge in [0.2, 0.25) is 0 Å². The maximum atomic E-state index is 5.47. The molecule has 0 fully saturated rings. The van der Waals surface area contributed by atoms with Crippen molar-refractivity contribution < 1.29 is 4.74 Å². The van der Waals surface area contributed by atoms with Gasteiger partial charge in [-0.05, 0) is 21.8 Å². The van der Waals surface area contributed by atoms with E-state index in [4.69, 9.17) is 4.74 Å². The van der Waals surface area contributed by atoms with E-state index < -0.39 is 0 Å². The van der Waals surface area contributed by atoms with Crippen LogP contribution in [0.25, 0.3) is 0 Å². The van der Waals surface area contributed by atoms with Crippen molar-refractivity contribution in [1.82, 2.24) is 0 Å². The van der Waals surface area contributed by atoms with Gasteiger partial charge in [-0.3, -0.25) is 0 Å². The first kappa shape index (κ1) is 12.6. The minimum absolute atomic E-state index is 0.147. The van der Waals surface area contributed by atoms with Crippen molar-refractivity contribution in [1.29, 1.82) is 0 Å². The molecule has 0 saturated carbocycles. The van der Waals surface area contributed by atoms with Crippen molar-refractivity contribution in [2.24, 2.45) is 0 Å². The van der Waals surface area contributed by atoms with Crippen LogP contribution < -0.4 is 4.74 Å². The van der Waals surface area contributed by atoms with E-state index in [0.717, 1.165) is 5.06 Å². The van der Waals surface area contributed by atoms with E-state index in [1.54, 1.807) is 18.4 Å². The average molecular weight is 226 g/mol. The summed E-state index contributed by atoms with van der Waals surface area (Å²) in [4.78, 5) is 0. The molecular formula is C13H22OS. The normalized spacial score (nSPS) is 13.0. The third kappa shape index (κ3) is 2.54. The van der Waals surface area contributed by atoms with Crippen LogP contribution >= 0.6 is 11.3 Å². The predicted octanol–water partition coefficient (Wildman–Crippen LogP) is 4.35. The lowest BCUT2D eigenvalue weighted by atomic mass is 9.77. The van der Waals surface area contributed by atoms with Gasteiger partial charge >= 0.3 is 0 Å².